The summed E-state index contributed by atoms with van der Waals surface area (Å²) >= 11 is 5.88. The molecule has 1 N–H and O–H groups in total. The maximum Gasteiger partial charge on any atom is 0.270 e. The van der Waals surface area contributed by atoms with Crippen LogP contribution < -0.4 is 15.2 Å². The van der Waals surface area contributed by atoms with E-state index in [2.05, 4.69) is 20.1 Å². The quantitative estimate of drug-likeness (QED) is 0.672. The number of H-pyrrole nitrogens is 1. The van der Waals surface area contributed by atoms with E-state index in [4.69, 9.17) is 21.1 Å². The highest BCUT2D eigenvalue weighted by Gasteiger charge is 2.21. The van der Waals surface area contributed by atoms with Gasteiger partial charge in [-0.3, -0.25) is 9.59 Å². The smallest absolute Gasteiger partial charge is 0.270 e. The zero-order chi connectivity index (χ0) is 21.5. The third kappa shape index (κ3) is 5.93. The Balaban J connectivity index is 1.35. The number of carbonyl (C=O) groups is 1. The summed E-state index contributed by atoms with van der Waals surface area (Å²) in [5, 5.41) is 6.68. The molecule has 0 saturated carbocycles. The van der Waals surface area contributed by atoms with Gasteiger partial charge in [-0.2, -0.15) is 5.10 Å². The van der Waals surface area contributed by atoms with Crippen LogP contribution in [-0.2, 0) is 9.53 Å². The molecular formula is C20H26ClN5O4. The first-order chi connectivity index (χ1) is 14.4. The molecule has 2 aromatic heterocycles. The molecule has 1 amide bonds. The van der Waals surface area contributed by atoms with E-state index < -0.39 is 0 Å². The van der Waals surface area contributed by atoms with Gasteiger partial charge in [-0.1, -0.05) is 11.6 Å². The molecule has 1 aliphatic rings. The number of hydrogen-bond acceptors (Lipinski definition) is 7. The Morgan fingerprint density at radius 1 is 1.27 bits per heavy atom. The molecule has 1 aliphatic heterocycles. The Morgan fingerprint density at radius 3 is 2.73 bits per heavy atom. The van der Waals surface area contributed by atoms with Crippen LogP contribution in [0.5, 0.6) is 5.75 Å². The number of nitrogens with zero attached hydrogens (tertiary/aromatic N) is 4. The van der Waals surface area contributed by atoms with Gasteiger partial charge in [0.2, 0.25) is 5.91 Å². The zero-order valence-electron chi connectivity index (χ0n) is 17.1. The highest BCUT2D eigenvalue weighted by molar-refractivity contribution is 6.30. The van der Waals surface area contributed by atoms with E-state index in [1.165, 1.54) is 6.20 Å². The first kappa shape index (κ1) is 22.0. The number of carbonyl (C=O) groups excluding carboxylic acids is 1. The standard InChI is InChI=1S/C20H26ClN5O4/c1-14(13-30-17-12-23-24-20(28)15(17)2)29-10-5-19(27)26-8-6-25(7-9-26)18-4-3-16(21)11-22-18/h3-4,11-12,14H,5-10,13H2,1-2H3,(H,24,28)/t14-/m0/s1. The van der Waals surface area contributed by atoms with Crippen LogP contribution in [0.25, 0.3) is 0 Å². The molecule has 2 aromatic rings. The van der Waals surface area contributed by atoms with Crippen molar-refractivity contribution in [3.05, 3.63) is 45.5 Å². The van der Waals surface area contributed by atoms with Crippen LogP contribution in [0.2, 0.25) is 5.02 Å². The van der Waals surface area contributed by atoms with E-state index in [9.17, 15) is 9.59 Å². The minimum atomic E-state index is -0.279. The van der Waals surface area contributed by atoms with Gasteiger partial charge in [-0.25, -0.2) is 10.1 Å². The molecule has 0 unspecified atom stereocenters. The summed E-state index contributed by atoms with van der Waals surface area (Å²) in [6.07, 6.45) is 3.19. The fourth-order valence-electron chi connectivity index (χ4n) is 3.09. The van der Waals surface area contributed by atoms with E-state index in [0.717, 1.165) is 18.9 Å². The lowest BCUT2D eigenvalue weighted by molar-refractivity contribution is -0.133. The van der Waals surface area contributed by atoms with Crippen molar-refractivity contribution in [2.75, 3.05) is 44.3 Å². The zero-order valence-corrected chi connectivity index (χ0v) is 17.9. The van der Waals surface area contributed by atoms with Crippen molar-refractivity contribution in [3.8, 4) is 5.75 Å². The highest BCUT2D eigenvalue weighted by Crippen LogP contribution is 2.16. The molecule has 10 heteroatoms. The van der Waals surface area contributed by atoms with Crippen LogP contribution in [0.4, 0.5) is 5.82 Å². The summed E-state index contributed by atoms with van der Waals surface area (Å²) in [4.78, 5) is 32.3. The molecule has 1 atom stereocenters. The summed E-state index contributed by atoms with van der Waals surface area (Å²) in [5.74, 6) is 1.37. The van der Waals surface area contributed by atoms with E-state index in [0.29, 0.717) is 42.5 Å². The molecule has 0 aromatic carbocycles. The van der Waals surface area contributed by atoms with Gasteiger partial charge in [0.25, 0.3) is 5.56 Å². The minimum absolute atomic E-state index is 0.0708. The minimum Gasteiger partial charge on any atom is -0.489 e. The number of nitrogens with one attached hydrogen (secondary N) is 1. The molecule has 1 fully saturated rings. The Hall–Kier alpha value is -2.65. The molecule has 0 spiro atoms. The van der Waals surface area contributed by atoms with E-state index in [-0.39, 0.29) is 24.2 Å². The number of ether oxygens (including phenoxy) is 2. The predicted octanol–water partition coefficient (Wildman–Crippen LogP) is 1.65. The summed E-state index contributed by atoms with van der Waals surface area (Å²) in [6, 6.07) is 3.71. The number of aromatic nitrogens is 3. The van der Waals surface area contributed by atoms with Gasteiger partial charge in [-0.15, -0.1) is 0 Å². The van der Waals surface area contributed by atoms with Crippen molar-refractivity contribution in [3.63, 3.8) is 0 Å². The average molecular weight is 436 g/mol. The van der Waals surface area contributed by atoms with Crippen LogP contribution in [0.1, 0.15) is 18.9 Å². The lowest BCUT2D eigenvalue weighted by Gasteiger charge is -2.35. The second-order valence-corrected chi connectivity index (χ2v) is 7.57. The highest BCUT2D eigenvalue weighted by atomic mass is 35.5. The van der Waals surface area contributed by atoms with Crippen LogP contribution in [-0.4, -0.2) is 71.5 Å². The van der Waals surface area contributed by atoms with Crippen molar-refractivity contribution >= 4 is 23.3 Å². The van der Waals surface area contributed by atoms with Crippen LogP contribution in [0, 0.1) is 6.92 Å². The molecular weight excluding hydrogens is 410 g/mol. The van der Waals surface area contributed by atoms with Gasteiger partial charge in [-0.05, 0) is 26.0 Å². The molecule has 3 heterocycles. The van der Waals surface area contributed by atoms with Gasteiger partial charge < -0.3 is 19.3 Å². The average Bonchev–Trinajstić information content (AvgIpc) is 2.75. The maximum absolute atomic E-state index is 12.4. The normalized spacial score (nSPS) is 15.2. The van der Waals surface area contributed by atoms with Crippen LogP contribution in [0.15, 0.2) is 29.3 Å². The first-order valence-electron chi connectivity index (χ1n) is 9.87. The lowest BCUT2D eigenvalue weighted by atomic mass is 10.2. The van der Waals surface area contributed by atoms with E-state index in [1.807, 2.05) is 24.0 Å². The fourth-order valence-corrected chi connectivity index (χ4v) is 3.20. The number of pyridine rings is 1. The lowest BCUT2D eigenvalue weighted by Crippen LogP contribution is -2.49. The molecule has 162 valence electrons. The molecule has 0 bridgehead atoms. The second kappa shape index (κ2) is 10.4. The maximum atomic E-state index is 12.4. The van der Waals surface area contributed by atoms with Gasteiger partial charge in [0.15, 0.2) is 0 Å². The van der Waals surface area contributed by atoms with Gasteiger partial charge >= 0.3 is 0 Å². The molecule has 3 rings (SSSR count). The van der Waals surface area contributed by atoms with Crippen molar-refractivity contribution < 1.29 is 14.3 Å². The number of amides is 1. The van der Waals surface area contributed by atoms with Crippen LogP contribution in [0.3, 0.4) is 0 Å². The summed E-state index contributed by atoms with van der Waals surface area (Å²) in [7, 11) is 0. The predicted molar refractivity (Wildman–Crippen MR) is 113 cm³/mol. The third-order valence-corrected chi connectivity index (χ3v) is 5.14. The van der Waals surface area contributed by atoms with E-state index in [1.54, 1.807) is 13.1 Å². The Labute approximate surface area is 179 Å². The van der Waals surface area contributed by atoms with Gasteiger partial charge in [0.05, 0.1) is 35.9 Å². The van der Waals surface area contributed by atoms with Crippen molar-refractivity contribution in [2.45, 2.75) is 26.4 Å². The van der Waals surface area contributed by atoms with Crippen LogP contribution >= 0.6 is 11.6 Å². The van der Waals surface area contributed by atoms with Crippen molar-refractivity contribution in [1.29, 1.82) is 0 Å². The fraction of sp³-hybridized carbons (Fsp3) is 0.500. The molecule has 0 aliphatic carbocycles. The topological polar surface area (TPSA) is 101 Å². The number of piperazine rings is 1. The SMILES string of the molecule is Cc1c(OC[C@H](C)OCCC(=O)N2CCN(c3ccc(Cl)cn3)CC2)cn[nH]c1=O. The largest absolute Gasteiger partial charge is 0.489 e. The summed E-state index contributed by atoms with van der Waals surface area (Å²) in [6.45, 7) is 6.88. The Bertz CT molecular complexity index is 897. The Morgan fingerprint density at radius 2 is 2.03 bits per heavy atom. The summed E-state index contributed by atoms with van der Waals surface area (Å²) < 4.78 is 11.3. The first-order valence-corrected chi connectivity index (χ1v) is 10.2. The molecule has 9 nitrogen and oxygen atoms in total. The number of aromatic amines is 1. The molecule has 1 saturated heterocycles. The van der Waals surface area contributed by atoms with Crippen molar-refractivity contribution in [1.82, 2.24) is 20.1 Å². The monoisotopic (exact) mass is 435 g/mol. The van der Waals surface area contributed by atoms with Gasteiger partial charge in [0.1, 0.15) is 18.2 Å². The second-order valence-electron chi connectivity index (χ2n) is 7.13. The number of halogens is 1. The molecule has 30 heavy (non-hydrogen) atoms. The van der Waals surface area contributed by atoms with Crippen molar-refractivity contribution in [2.24, 2.45) is 0 Å². The number of hydrogen-bond donors (Lipinski definition) is 1. The third-order valence-electron chi connectivity index (χ3n) is 4.92. The summed E-state index contributed by atoms with van der Waals surface area (Å²) in [5.41, 5.74) is 0.193. The Kier molecular flexibility index (Phi) is 7.64. The van der Waals surface area contributed by atoms with Gasteiger partial charge in [0, 0.05) is 32.4 Å². The molecule has 0 radical (unpaired) electrons. The van der Waals surface area contributed by atoms with E-state index >= 15 is 0 Å². The number of rotatable bonds is 8. The number of anilines is 1.